The maximum Gasteiger partial charge on any atom is 0.274 e. The minimum absolute atomic E-state index is 0.116. The van der Waals surface area contributed by atoms with Gasteiger partial charge in [0, 0.05) is 19.6 Å². The Morgan fingerprint density at radius 2 is 2.10 bits per heavy atom. The van der Waals surface area contributed by atoms with Gasteiger partial charge in [0.25, 0.3) is 5.91 Å². The van der Waals surface area contributed by atoms with Gasteiger partial charge in [0.15, 0.2) is 0 Å². The smallest absolute Gasteiger partial charge is 0.274 e. The Hall–Kier alpha value is -1.69. The number of hydrogen-bond acceptors (Lipinski definition) is 5. The summed E-state index contributed by atoms with van der Waals surface area (Å²) in [5.41, 5.74) is -0.301. The van der Waals surface area contributed by atoms with Gasteiger partial charge in [-0.15, -0.1) is 0 Å². The van der Waals surface area contributed by atoms with Crippen LogP contribution in [0.3, 0.4) is 0 Å². The highest BCUT2D eigenvalue weighted by Crippen LogP contribution is 2.22. The van der Waals surface area contributed by atoms with Crippen LogP contribution in [0.25, 0.3) is 0 Å². The van der Waals surface area contributed by atoms with Gasteiger partial charge in [0.05, 0.1) is 18.0 Å². The topological polar surface area (TPSA) is 78.4 Å². The highest BCUT2D eigenvalue weighted by molar-refractivity contribution is 5.92. The number of nitrogens with zero attached hydrogens (tertiary/aromatic N) is 3. The third kappa shape index (κ3) is 3.66. The molecule has 6 heteroatoms. The largest absolute Gasteiger partial charge is 0.390 e. The van der Waals surface area contributed by atoms with Crippen LogP contribution in [0.5, 0.6) is 0 Å². The average molecular weight is 278 g/mol. The number of anilines is 1. The van der Waals surface area contributed by atoms with Gasteiger partial charge in [-0.25, -0.2) is 9.97 Å². The van der Waals surface area contributed by atoms with E-state index in [4.69, 9.17) is 0 Å². The quantitative estimate of drug-likeness (QED) is 0.867. The Morgan fingerprint density at radius 3 is 2.65 bits per heavy atom. The zero-order valence-corrected chi connectivity index (χ0v) is 12.1. The Kier molecular flexibility index (Phi) is 4.54. The zero-order valence-electron chi connectivity index (χ0n) is 12.1. The molecule has 110 valence electrons. The molecule has 0 saturated carbocycles. The molecule has 2 N–H and O–H groups in total. The van der Waals surface area contributed by atoms with Crippen molar-refractivity contribution in [2.24, 2.45) is 0 Å². The van der Waals surface area contributed by atoms with Crippen molar-refractivity contribution in [1.82, 2.24) is 14.9 Å². The third-order valence-electron chi connectivity index (χ3n) is 3.55. The summed E-state index contributed by atoms with van der Waals surface area (Å²) in [6, 6.07) is 0. The summed E-state index contributed by atoms with van der Waals surface area (Å²) >= 11 is 0. The summed E-state index contributed by atoms with van der Waals surface area (Å²) < 4.78 is 0. The molecule has 0 radical (unpaired) electrons. The molecule has 1 fully saturated rings. The summed E-state index contributed by atoms with van der Waals surface area (Å²) in [7, 11) is 0. The van der Waals surface area contributed by atoms with E-state index in [2.05, 4.69) is 22.2 Å². The Bertz CT molecular complexity index is 449. The molecular formula is C14H22N4O2. The Morgan fingerprint density at radius 1 is 1.40 bits per heavy atom. The van der Waals surface area contributed by atoms with Crippen molar-refractivity contribution in [3.63, 3.8) is 0 Å². The molecule has 1 aromatic rings. The predicted octanol–water partition coefficient (Wildman–Crippen LogP) is 1.29. The molecule has 1 aliphatic heterocycles. The van der Waals surface area contributed by atoms with E-state index in [0.717, 1.165) is 13.0 Å². The molecule has 1 saturated heterocycles. The van der Waals surface area contributed by atoms with E-state index < -0.39 is 5.60 Å². The van der Waals surface area contributed by atoms with Gasteiger partial charge < -0.3 is 15.3 Å². The Balaban J connectivity index is 1.96. The van der Waals surface area contributed by atoms with E-state index in [0.29, 0.717) is 37.4 Å². The molecule has 2 heterocycles. The van der Waals surface area contributed by atoms with Crippen LogP contribution in [0.2, 0.25) is 0 Å². The maximum absolute atomic E-state index is 12.3. The lowest BCUT2D eigenvalue weighted by molar-refractivity contribution is -0.00220. The maximum atomic E-state index is 12.3. The van der Waals surface area contributed by atoms with Gasteiger partial charge in [-0.05, 0) is 26.2 Å². The number of aliphatic hydroxyl groups is 1. The van der Waals surface area contributed by atoms with Crippen LogP contribution >= 0.6 is 0 Å². The molecular weight excluding hydrogens is 256 g/mol. The van der Waals surface area contributed by atoms with Crippen LogP contribution < -0.4 is 5.32 Å². The van der Waals surface area contributed by atoms with E-state index in [1.807, 2.05) is 6.92 Å². The number of aromatic nitrogens is 2. The van der Waals surface area contributed by atoms with E-state index in [1.54, 1.807) is 11.1 Å². The summed E-state index contributed by atoms with van der Waals surface area (Å²) in [5.74, 6) is 0.569. The molecule has 1 amide bonds. The van der Waals surface area contributed by atoms with Gasteiger partial charge in [-0.1, -0.05) is 6.92 Å². The number of amides is 1. The second kappa shape index (κ2) is 6.17. The first-order valence-electron chi connectivity index (χ1n) is 7.09. The van der Waals surface area contributed by atoms with Crippen molar-refractivity contribution in [3.8, 4) is 0 Å². The molecule has 20 heavy (non-hydrogen) atoms. The van der Waals surface area contributed by atoms with Crippen molar-refractivity contribution in [2.75, 3.05) is 25.0 Å². The minimum Gasteiger partial charge on any atom is -0.390 e. The van der Waals surface area contributed by atoms with Gasteiger partial charge in [0.2, 0.25) is 0 Å². The van der Waals surface area contributed by atoms with E-state index >= 15 is 0 Å². The van der Waals surface area contributed by atoms with Gasteiger partial charge in [0.1, 0.15) is 11.5 Å². The van der Waals surface area contributed by atoms with Crippen LogP contribution in [-0.4, -0.2) is 51.1 Å². The molecule has 0 atom stereocenters. The molecule has 1 aromatic heterocycles. The fourth-order valence-electron chi connectivity index (χ4n) is 2.14. The molecule has 0 bridgehead atoms. The summed E-state index contributed by atoms with van der Waals surface area (Å²) in [6.45, 7) is 5.84. The number of rotatable bonds is 4. The number of carbonyl (C=O) groups is 1. The predicted molar refractivity (Wildman–Crippen MR) is 76.6 cm³/mol. The normalized spacial score (nSPS) is 17.9. The fraction of sp³-hybridized carbons (Fsp3) is 0.643. The zero-order chi connectivity index (χ0) is 14.6. The Labute approximate surface area is 119 Å². The third-order valence-corrected chi connectivity index (χ3v) is 3.55. The first kappa shape index (κ1) is 14.7. The lowest BCUT2D eigenvalue weighted by Crippen LogP contribution is -2.45. The van der Waals surface area contributed by atoms with Crippen LogP contribution in [0.1, 0.15) is 43.6 Å². The fourth-order valence-corrected chi connectivity index (χ4v) is 2.14. The molecule has 0 aromatic carbocycles. The molecule has 0 spiro atoms. The van der Waals surface area contributed by atoms with Gasteiger partial charge >= 0.3 is 0 Å². The standard InChI is InChI=1S/C14H22N4O2/c1-3-6-15-12-10-16-11(9-17-12)13(19)18-7-4-14(2,20)5-8-18/h9-10,20H,3-8H2,1-2H3,(H,15,17). The van der Waals surface area contributed by atoms with Crippen molar-refractivity contribution in [2.45, 2.75) is 38.7 Å². The van der Waals surface area contributed by atoms with Crippen LogP contribution in [0, 0.1) is 0 Å². The number of nitrogens with one attached hydrogen (secondary N) is 1. The van der Waals surface area contributed by atoms with Crippen LogP contribution in [-0.2, 0) is 0 Å². The van der Waals surface area contributed by atoms with Crippen molar-refractivity contribution in [3.05, 3.63) is 18.1 Å². The first-order valence-corrected chi connectivity index (χ1v) is 7.09. The van der Waals surface area contributed by atoms with E-state index in [1.165, 1.54) is 6.20 Å². The van der Waals surface area contributed by atoms with E-state index in [9.17, 15) is 9.90 Å². The molecule has 6 nitrogen and oxygen atoms in total. The second-order valence-electron chi connectivity index (χ2n) is 5.50. The van der Waals surface area contributed by atoms with Crippen LogP contribution in [0.4, 0.5) is 5.82 Å². The number of likely N-dealkylation sites (tertiary alicyclic amines) is 1. The minimum atomic E-state index is -0.656. The lowest BCUT2D eigenvalue weighted by Gasteiger charge is -2.35. The second-order valence-corrected chi connectivity index (χ2v) is 5.50. The summed E-state index contributed by atoms with van der Waals surface area (Å²) in [4.78, 5) is 22.3. The highest BCUT2D eigenvalue weighted by Gasteiger charge is 2.30. The van der Waals surface area contributed by atoms with E-state index in [-0.39, 0.29) is 5.91 Å². The highest BCUT2D eigenvalue weighted by atomic mass is 16.3. The molecule has 2 rings (SSSR count). The monoisotopic (exact) mass is 278 g/mol. The molecule has 0 aliphatic carbocycles. The molecule has 1 aliphatic rings. The number of piperidine rings is 1. The van der Waals surface area contributed by atoms with Crippen LogP contribution in [0.15, 0.2) is 12.4 Å². The average Bonchev–Trinajstić information content (AvgIpc) is 2.45. The lowest BCUT2D eigenvalue weighted by atomic mass is 9.94. The van der Waals surface area contributed by atoms with Crippen molar-refractivity contribution in [1.29, 1.82) is 0 Å². The summed E-state index contributed by atoms with van der Waals surface area (Å²) in [6.07, 6.45) is 5.30. The molecule has 0 unspecified atom stereocenters. The summed E-state index contributed by atoms with van der Waals surface area (Å²) in [5, 5.41) is 13.0. The van der Waals surface area contributed by atoms with Gasteiger partial charge in [-0.2, -0.15) is 0 Å². The van der Waals surface area contributed by atoms with Gasteiger partial charge in [-0.3, -0.25) is 4.79 Å². The first-order chi connectivity index (χ1) is 9.52. The number of hydrogen-bond donors (Lipinski definition) is 2. The van der Waals surface area contributed by atoms with Crippen molar-refractivity contribution >= 4 is 11.7 Å². The van der Waals surface area contributed by atoms with Crippen molar-refractivity contribution < 1.29 is 9.90 Å². The SMILES string of the molecule is CCCNc1cnc(C(=O)N2CCC(C)(O)CC2)cn1. The number of carbonyl (C=O) groups excluding carboxylic acids is 1.